The van der Waals surface area contributed by atoms with Crippen LogP contribution in [0.2, 0.25) is 0 Å². The third-order valence-electron chi connectivity index (χ3n) is 3.64. The van der Waals surface area contributed by atoms with Crippen LogP contribution in [0.15, 0.2) is 42.5 Å². The molecule has 0 bridgehead atoms. The summed E-state index contributed by atoms with van der Waals surface area (Å²) in [7, 11) is 0. The first-order chi connectivity index (χ1) is 11.0. The molecule has 0 aliphatic carbocycles. The van der Waals surface area contributed by atoms with E-state index in [1.165, 1.54) is 6.07 Å². The second-order valence-corrected chi connectivity index (χ2v) is 5.32. The van der Waals surface area contributed by atoms with Gasteiger partial charge in [0.1, 0.15) is 5.75 Å². The number of nitrogens with one attached hydrogen (secondary N) is 1. The molecule has 0 saturated heterocycles. The van der Waals surface area contributed by atoms with E-state index in [9.17, 15) is 13.9 Å². The van der Waals surface area contributed by atoms with E-state index in [1.807, 2.05) is 38.1 Å². The largest absolute Gasteiger partial charge is 0.494 e. The Labute approximate surface area is 134 Å². The fourth-order valence-corrected chi connectivity index (χ4v) is 2.26. The maximum atomic E-state index is 13.2. The van der Waals surface area contributed by atoms with Crippen LogP contribution in [0, 0.1) is 11.6 Å². The molecule has 2 unspecified atom stereocenters. The lowest BCUT2D eigenvalue weighted by Crippen LogP contribution is -2.24. The smallest absolute Gasteiger partial charge is 0.159 e. The Bertz CT molecular complexity index is 631. The Balaban J connectivity index is 1.92. The second-order valence-electron chi connectivity index (χ2n) is 5.32. The van der Waals surface area contributed by atoms with Crippen molar-refractivity contribution >= 4 is 0 Å². The minimum atomic E-state index is -0.957. The highest BCUT2D eigenvalue weighted by Crippen LogP contribution is 2.20. The van der Waals surface area contributed by atoms with Crippen LogP contribution in [-0.4, -0.2) is 18.3 Å². The lowest BCUT2D eigenvalue weighted by molar-refractivity contribution is 0.170. The van der Waals surface area contributed by atoms with E-state index in [4.69, 9.17) is 4.74 Å². The zero-order valence-electron chi connectivity index (χ0n) is 13.2. The minimum absolute atomic E-state index is 0.00521. The Morgan fingerprint density at radius 2 is 1.70 bits per heavy atom. The van der Waals surface area contributed by atoms with E-state index < -0.39 is 17.7 Å². The predicted octanol–water partition coefficient (Wildman–Crippen LogP) is 3.75. The van der Waals surface area contributed by atoms with E-state index >= 15 is 0 Å². The molecule has 0 spiro atoms. The summed E-state index contributed by atoms with van der Waals surface area (Å²) in [5.74, 6) is -1.07. The average Bonchev–Trinajstić information content (AvgIpc) is 2.56. The van der Waals surface area contributed by atoms with Gasteiger partial charge in [-0.1, -0.05) is 18.2 Å². The number of halogens is 2. The Morgan fingerprint density at radius 3 is 2.30 bits per heavy atom. The highest BCUT2D eigenvalue weighted by atomic mass is 19.2. The van der Waals surface area contributed by atoms with Gasteiger partial charge in [-0.2, -0.15) is 0 Å². The molecule has 0 fully saturated rings. The van der Waals surface area contributed by atoms with E-state index in [0.717, 1.165) is 23.4 Å². The standard InChI is InChI=1S/C18H21F2NO2/c1-3-23-15-7-4-13(5-8-15)12(2)21-11-18(22)14-6-9-16(19)17(20)10-14/h4-10,12,18,21-22H,3,11H2,1-2H3. The van der Waals surface area contributed by atoms with Gasteiger partial charge in [0.15, 0.2) is 11.6 Å². The van der Waals surface area contributed by atoms with E-state index in [1.54, 1.807) is 0 Å². The maximum absolute atomic E-state index is 13.2. The fourth-order valence-electron chi connectivity index (χ4n) is 2.26. The van der Waals surface area contributed by atoms with Gasteiger partial charge < -0.3 is 15.2 Å². The van der Waals surface area contributed by atoms with E-state index in [0.29, 0.717) is 12.2 Å². The molecular formula is C18H21F2NO2. The van der Waals surface area contributed by atoms with Crippen LogP contribution >= 0.6 is 0 Å². The molecule has 2 rings (SSSR count). The van der Waals surface area contributed by atoms with Crippen molar-refractivity contribution in [1.82, 2.24) is 5.32 Å². The zero-order chi connectivity index (χ0) is 16.8. The number of aliphatic hydroxyl groups is 1. The molecule has 124 valence electrons. The van der Waals surface area contributed by atoms with Crippen LogP contribution in [0.25, 0.3) is 0 Å². The lowest BCUT2D eigenvalue weighted by Gasteiger charge is -2.18. The van der Waals surface area contributed by atoms with Crippen LogP contribution in [0.5, 0.6) is 5.75 Å². The molecule has 0 aliphatic heterocycles. The Hall–Kier alpha value is -1.98. The minimum Gasteiger partial charge on any atom is -0.494 e. The van der Waals surface area contributed by atoms with Crippen LogP contribution in [0.4, 0.5) is 8.78 Å². The normalized spacial score (nSPS) is 13.6. The molecular weight excluding hydrogens is 300 g/mol. The van der Waals surface area contributed by atoms with Crippen molar-refractivity contribution in [3.8, 4) is 5.75 Å². The van der Waals surface area contributed by atoms with Crippen molar-refractivity contribution in [3.05, 3.63) is 65.2 Å². The molecule has 3 nitrogen and oxygen atoms in total. The number of ether oxygens (including phenoxy) is 1. The van der Waals surface area contributed by atoms with Crippen molar-refractivity contribution in [2.75, 3.05) is 13.2 Å². The summed E-state index contributed by atoms with van der Waals surface area (Å²) in [6, 6.07) is 11.1. The van der Waals surface area contributed by atoms with Gasteiger partial charge in [0.05, 0.1) is 12.7 Å². The fraction of sp³-hybridized carbons (Fsp3) is 0.333. The molecule has 0 heterocycles. The summed E-state index contributed by atoms with van der Waals surface area (Å²) >= 11 is 0. The number of rotatable bonds is 7. The van der Waals surface area contributed by atoms with Gasteiger partial charge in [0.2, 0.25) is 0 Å². The molecule has 0 aliphatic rings. The maximum Gasteiger partial charge on any atom is 0.159 e. The molecule has 2 aromatic rings. The van der Waals surface area contributed by atoms with Gasteiger partial charge in [-0.05, 0) is 49.2 Å². The first-order valence-corrected chi connectivity index (χ1v) is 7.60. The first kappa shape index (κ1) is 17.4. The van der Waals surface area contributed by atoms with Crippen LogP contribution in [0.1, 0.15) is 37.1 Å². The van der Waals surface area contributed by atoms with Crippen molar-refractivity contribution in [1.29, 1.82) is 0 Å². The molecule has 2 aromatic carbocycles. The first-order valence-electron chi connectivity index (χ1n) is 7.60. The van der Waals surface area contributed by atoms with Crippen molar-refractivity contribution in [2.24, 2.45) is 0 Å². The predicted molar refractivity (Wildman–Crippen MR) is 85.3 cm³/mol. The van der Waals surface area contributed by atoms with Gasteiger partial charge in [-0.25, -0.2) is 8.78 Å². The van der Waals surface area contributed by atoms with Crippen molar-refractivity contribution < 1.29 is 18.6 Å². The SMILES string of the molecule is CCOc1ccc(C(C)NCC(O)c2ccc(F)c(F)c2)cc1. The summed E-state index contributed by atoms with van der Waals surface area (Å²) in [5, 5.41) is 13.2. The summed E-state index contributed by atoms with van der Waals surface area (Å²) in [4.78, 5) is 0. The van der Waals surface area contributed by atoms with Crippen molar-refractivity contribution in [3.63, 3.8) is 0 Å². The third-order valence-corrected chi connectivity index (χ3v) is 3.64. The number of hydrogen-bond acceptors (Lipinski definition) is 3. The van der Waals surface area contributed by atoms with Gasteiger partial charge in [0, 0.05) is 12.6 Å². The highest BCUT2D eigenvalue weighted by Gasteiger charge is 2.13. The molecule has 0 amide bonds. The van der Waals surface area contributed by atoms with Gasteiger partial charge >= 0.3 is 0 Å². The molecule has 0 saturated carbocycles. The third kappa shape index (κ3) is 4.74. The number of aliphatic hydroxyl groups excluding tert-OH is 1. The molecule has 23 heavy (non-hydrogen) atoms. The molecule has 2 atom stereocenters. The second kappa shape index (κ2) is 8.04. The van der Waals surface area contributed by atoms with Gasteiger partial charge in [-0.15, -0.1) is 0 Å². The summed E-state index contributed by atoms with van der Waals surface area (Å²) < 4.78 is 31.5. The van der Waals surface area contributed by atoms with Crippen LogP contribution in [-0.2, 0) is 0 Å². The van der Waals surface area contributed by atoms with E-state index in [2.05, 4.69) is 5.32 Å². The molecule has 0 aromatic heterocycles. The lowest BCUT2D eigenvalue weighted by atomic mass is 10.1. The Kier molecular flexibility index (Phi) is 6.07. The van der Waals surface area contributed by atoms with Gasteiger partial charge in [-0.3, -0.25) is 0 Å². The van der Waals surface area contributed by atoms with Crippen LogP contribution < -0.4 is 10.1 Å². The monoisotopic (exact) mass is 321 g/mol. The van der Waals surface area contributed by atoms with Gasteiger partial charge in [0.25, 0.3) is 0 Å². The quantitative estimate of drug-likeness (QED) is 0.816. The molecule has 0 radical (unpaired) electrons. The number of benzene rings is 2. The molecule has 2 N–H and O–H groups in total. The highest BCUT2D eigenvalue weighted by molar-refractivity contribution is 5.29. The zero-order valence-corrected chi connectivity index (χ0v) is 13.2. The summed E-state index contributed by atoms with van der Waals surface area (Å²) in [6.45, 7) is 4.75. The van der Waals surface area contributed by atoms with Crippen LogP contribution in [0.3, 0.4) is 0 Å². The summed E-state index contributed by atoms with van der Waals surface area (Å²) in [5.41, 5.74) is 1.39. The van der Waals surface area contributed by atoms with Crippen molar-refractivity contribution in [2.45, 2.75) is 26.0 Å². The average molecular weight is 321 g/mol. The van der Waals surface area contributed by atoms with E-state index in [-0.39, 0.29) is 12.6 Å². The topological polar surface area (TPSA) is 41.5 Å². The molecule has 5 heteroatoms. The Morgan fingerprint density at radius 1 is 1.04 bits per heavy atom. The number of hydrogen-bond donors (Lipinski definition) is 2. The summed E-state index contributed by atoms with van der Waals surface area (Å²) in [6.07, 6.45) is -0.907.